The fraction of sp³-hybridized carbons (Fsp3) is 0. The van der Waals surface area contributed by atoms with Gasteiger partial charge in [0.1, 0.15) is 0 Å². The van der Waals surface area contributed by atoms with Gasteiger partial charge in [-0.15, -0.1) is 0 Å². The van der Waals surface area contributed by atoms with Crippen molar-refractivity contribution in [2.45, 2.75) is 0 Å². The molecular formula is CH5N2NaO4S. The van der Waals surface area contributed by atoms with Crippen molar-refractivity contribution in [3.05, 3.63) is 0 Å². The Morgan fingerprint density at radius 1 is 1.22 bits per heavy atom. The fourth-order valence-corrected chi connectivity index (χ4v) is 0. The van der Waals surface area contributed by atoms with Crippen molar-refractivity contribution in [3.8, 4) is 0 Å². The van der Waals surface area contributed by atoms with Crippen LogP contribution in [0.5, 0.6) is 0 Å². The Balaban J connectivity index is -0.0000000800. The molecule has 0 amide bonds. The summed E-state index contributed by atoms with van der Waals surface area (Å²) >= 11 is 0. The standard InChI is InChI=1S/CH2N2.Na.H2O4S.H/c2-1-3;;1-5(2,3)4;/h2-3H;;(H2,1,2,3,4);. The first-order chi connectivity index (χ1) is 3.41. The SMILES string of the molecule is N=C=N.O=S(=O)(O)O.[NaH]. The second kappa shape index (κ2) is 8.25. The van der Waals surface area contributed by atoms with Crippen LogP contribution in [0.1, 0.15) is 0 Å². The fourth-order valence-electron chi connectivity index (χ4n) is 0. The van der Waals surface area contributed by atoms with E-state index in [4.69, 9.17) is 28.3 Å². The van der Waals surface area contributed by atoms with E-state index in [1.54, 1.807) is 0 Å². The summed E-state index contributed by atoms with van der Waals surface area (Å²) in [4.78, 5) is 0. The minimum absolute atomic E-state index is 0. The van der Waals surface area contributed by atoms with Crippen LogP contribution in [0, 0.1) is 10.8 Å². The average Bonchev–Trinajstić information content (AvgIpc) is 1.27. The molecule has 6 nitrogen and oxygen atoms in total. The first-order valence-corrected chi connectivity index (χ1v) is 2.60. The molecule has 4 N–H and O–H groups in total. The third-order valence-corrected chi connectivity index (χ3v) is 0. The molecule has 0 aliphatic rings. The predicted octanol–water partition coefficient (Wildman–Crippen LogP) is -0.983. The Morgan fingerprint density at radius 2 is 1.22 bits per heavy atom. The van der Waals surface area contributed by atoms with Gasteiger partial charge in [0.15, 0.2) is 0 Å². The van der Waals surface area contributed by atoms with Crippen molar-refractivity contribution >= 4 is 46.0 Å². The Labute approximate surface area is 74.2 Å². The Hall–Kier alpha value is 0.250. The van der Waals surface area contributed by atoms with E-state index in [2.05, 4.69) is 0 Å². The van der Waals surface area contributed by atoms with E-state index < -0.39 is 10.4 Å². The third-order valence-electron chi connectivity index (χ3n) is 0. The van der Waals surface area contributed by atoms with Gasteiger partial charge in [0.25, 0.3) is 0 Å². The summed E-state index contributed by atoms with van der Waals surface area (Å²) in [5.74, 6) is 0. The molecule has 0 aromatic rings. The van der Waals surface area contributed by atoms with E-state index in [-0.39, 0.29) is 29.6 Å². The van der Waals surface area contributed by atoms with Crippen LogP contribution in [0.25, 0.3) is 0 Å². The van der Waals surface area contributed by atoms with E-state index in [9.17, 15) is 0 Å². The van der Waals surface area contributed by atoms with Crippen LogP contribution >= 0.6 is 0 Å². The topological polar surface area (TPSA) is 122 Å². The summed E-state index contributed by atoms with van der Waals surface area (Å²) in [5, 5.41) is 11.2. The van der Waals surface area contributed by atoms with Crippen molar-refractivity contribution < 1.29 is 17.5 Å². The van der Waals surface area contributed by atoms with Gasteiger partial charge in [-0.1, -0.05) is 0 Å². The number of nitrogens with one attached hydrogen (secondary N) is 2. The van der Waals surface area contributed by atoms with Gasteiger partial charge in [0.2, 0.25) is 0 Å². The molecule has 0 bridgehead atoms. The third kappa shape index (κ3) is 5160. The van der Waals surface area contributed by atoms with Crippen LogP contribution in [0.2, 0.25) is 0 Å². The van der Waals surface area contributed by atoms with Crippen LogP contribution in [0.4, 0.5) is 0 Å². The molecule has 0 aromatic carbocycles. The summed E-state index contributed by atoms with van der Waals surface area (Å²) in [6, 6.07) is 1.25. The summed E-state index contributed by atoms with van der Waals surface area (Å²) in [5.41, 5.74) is 0. The van der Waals surface area contributed by atoms with Gasteiger partial charge in [-0.25, -0.2) is 10.8 Å². The molecule has 0 aliphatic carbocycles. The summed E-state index contributed by atoms with van der Waals surface area (Å²) in [6.07, 6.45) is 0. The van der Waals surface area contributed by atoms with Gasteiger partial charge in [-0.3, -0.25) is 9.11 Å². The quantitative estimate of drug-likeness (QED) is 0.208. The first-order valence-electron chi connectivity index (χ1n) is 1.20. The molecule has 0 saturated heterocycles. The van der Waals surface area contributed by atoms with Crippen molar-refractivity contribution in [1.82, 2.24) is 0 Å². The Morgan fingerprint density at radius 3 is 1.22 bits per heavy atom. The Kier molecular flexibility index (Phi) is 14.8. The van der Waals surface area contributed by atoms with E-state index in [0.717, 1.165) is 0 Å². The number of hydrogen-bond donors (Lipinski definition) is 4. The molecule has 0 heterocycles. The second-order valence-corrected chi connectivity index (χ2v) is 1.47. The van der Waals surface area contributed by atoms with Gasteiger partial charge >= 0.3 is 40.0 Å². The van der Waals surface area contributed by atoms with Crippen molar-refractivity contribution in [2.24, 2.45) is 0 Å². The van der Waals surface area contributed by atoms with Gasteiger partial charge in [0.05, 0.1) is 6.01 Å². The molecule has 9 heavy (non-hydrogen) atoms. The van der Waals surface area contributed by atoms with E-state index in [1.807, 2.05) is 0 Å². The molecule has 0 fully saturated rings. The average molecular weight is 164 g/mol. The van der Waals surface area contributed by atoms with Crippen molar-refractivity contribution in [3.63, 3.8) is 0 Å². The van der Waals surface area contributed by atoms with Gasteiger partial charge in [-0.05, 0) is 0 Å². The summed E-state index contributed by atoms with van der Waals surface area (Å²) in [6.45, 7) is 0. The van der Waals surface area contributed by atoms with Gasteiger partial charge in [0, 0.05) is 0 Å². The summed E-state index contributed by atoms with van der Waals surface area (Å²) < 4.78 is 31.6. The van der Waals surface area contributed by atoms with Crippen LogP contribution in [-0.4, -0.2) is 53.1 Å². The van der Waals surface area contributed by atoms with E-state index in [1.165, 1.54) is 6.01 Å². The van der Waals surface area contributed by atoms with Crippen LogP contribution < -0.4 is 0 Å². The van der Waals surface area contributed by atoms with Crippen LogP contribution in [0.3, 0.4) is 0 Å². The molecule has 0 atom stereocenters. The van der Waals surface area contributed by atoms with Crippen molar-refractivity contribution in [2.75, 3.05) is 0 Å². The number of rotatable bonds is 0. The normalized spacial score (nSPS) is 7.33. The molecule has 0 aromatic heterocycles. The molecule has 0 radical (unpaired) electrons. The second-order valence-electron chi connectivity index (χ2n) is 0.573. The predicted molar refractivity (Wildman–Crippen MR) is 31.8 cm³/mol. The zero-order valence-corrected chi connectivity index (χ0v) is 4.44. The molecule has 0 rings (SSSR count). The maximum atomic E-state index is 8.74. The molecule has 0 spiro atoms. The molecule has 8 heteroatoms. The minimum atomic E-state index is -4.67. The van der Waals surface area contributed by atoms with Crippen LogP contribution in [-0.2, 0) is 10.4 Å². The van der Waals surface area contributed by atoms with Gasteiger partial charge in [-0.2, -0.15) is 8.42 Å². The zero-order valence-electron chi connectivity index (χ0n) is 3.62. The first kappa shape index (κ1) is 16.1. The molecule has 0 saturated carbocycles. The van der Waals surface area contributed by atoms with Gasteiger partial charge < -0.3 is 0 Å². The maximum absolute atomic E-state index is 8.74. The number of hydrogen-bond acceptors (Lipinski definition) is 4. The van der Waals surface area contributed by atoms with Crippen LogP contribution in [0.15, 0.2) is 0 Å². The molecule has 0 aliphatic heterocycles. The molecule has 0 unspecified atom stereocenters. The molecular weight excluding hydrogens is 159 g/mol. The monoisotopic (exact) mass is 164 g/mol. The van der Waals surface area contributed by atoms with E-state index in [0.29, 0.717) is 0 Å². The summed E-state index contributed by atoms with van der Waals surface area (Å²) in [7, 11) is -4.67. The van der Waals surface area contributed by atoms with Crippen molar-refractivity contribution in [1.29, 1.82) is 10.8 Å². The zero-order chi connectivity index (χ0) is 7.21. The molecule has 50 valence electrons. The van der Waals surface area contributed by atoms with E-state index >= 15 is 0 Å². The Bertz CT molecular complexity index is 159.